The van der Waals surface area contributed by atoms with Crippen molar-refractivity contribution in [2.24, 2.45) is 0 Å². The molecule has 10 heteroatoms. The Morgan fingerprint density at radius 1 is 0.974 bits per heavy atom. The van der Waals surface area contributed by atoms with Crippen molar-refractivity contribution in [2.45, 2.75) is 12.7 Å². The van der Waals surface area contributed by atoms with Gasteiger partial charge in [0.15, 0.2) is 0 Å². The van der Waals surface area contributed by atoms with E-state index in [2.05, 4.69) is 15.5 Å². The van der Waals surface area contributed by atoms with Gasteiger partial charge in [0.05, 0.1) is 43.0 Å². The van der Waals surface area contributed by atoms with Crippen LogP contribution in [0.25, 0.3) is 22.0 Å². The number of pyridine rings is 1. The van der Waals surface area contributed by atoms with Crippen molar-refractivity contribution in [1.29, 1.82) is 0 Å². The average Bonchev–Trinajstić information content (AvgIpc) is 2.93. The van der Waals surface area contributed by atoms with Crippen molar-refractivity contribution in [3.05, 3.63) is 84.1 Å². The Hall–Kier alpha value is -4.15. The van der Waals surface area contributed by atoms with Crippen molar-refractivity contribution < 1.29 is 27.4 Å². The van der Waals surface area contributed by atoms with E-state index in [0.29, 0.717) is 18.9 Å². The summed E-state index contributed by atoms with van der Waals surface area (Å²) in [4.78, 5) is 20.0. The van der Waals surface area contributed by atoms with Crippen LogP contribution in [0.15, 0.2) is 72.8 Å². The SMILES string of the molecule is COc1cc(NC(=O)Nc2ccc(-c3cccc(CN4CCOCC4)n3)c3ccccc23)cc(C(F)(F)F)c1. The van der Waals surface area contributed by atoms with Crippen molar-refractivity contribution in [3.63, 3.8) is 0 Å². The number of nitrogens with one attached hydrogen (secondary N) is 2. The number of ether oxygens (including phenoxy) is 2. The predicted octanol–water partition coefficient (Wildman–Crippen LogP) is 6.41. The van der Waals surface area contributed by atoms with Crippen LogP contribution >= 0.6 is 0 Å². The third kappa shape index (κ3) is 6.30. The molecule has 2 heterocycles. The van der Waals surface area contributed by atoms with Crippen LogP contribution in [0, 0.1) is 0 Å². The predicted molar refractivity (Wildman–Crippen MR) is 144 cm³/mol. The van der Waals surface area contributed by atoms with Crippen LogP contribution in [0.5, 0.6) is 5.75 Å². The molecule has 2 N–H and O–H groups in total. The average molecular weight is 537 g/mol. The number of aromatic nitrogens is 1. The maximum Gasteiger partial charge on any atom is 0.416 e. The Morgan fingerprint density at radius 3 is 2.49 bits per heavy atom. The van der Waals surface area contributed by atoms with Gasteiger partial charge < -0.3 is 20.1 Å². The van der Waals surface area contributed by atoms with Gasteiger partial charge in [0.2, 0.25) is 0 Å². The second-order valence-electron chi connectivity index (χ2n) is 9.14. The molecule has 1 saturated heterocycles. The molecule has 0 atom stereocenters. The fraction of sp³-hybridized carbons (Fsp3) is 0.241. The number of carbonyl (C=O) groups excluding carboxylic acids is 1. The van der Waals surface area contributed by atoms with Crippen LogP contribution < -0.4 is 15.4 Å². The maximum absolute atomic E-state index is 13.3. The monoisotopic (exact) mass is 536 g/mol. The number of hydrogen-bond acceptors (Lipinski definition) is 5. The van der Waals surface area contributed by atoms with Crippen molar-refractivity contribution in [2.75, 3.05) is 44.0 Å². The molecule has 1 aliphatic rings. The first-order valence-corrected chi connectivity index (χ1v) is 12.4. The van der Waals surface area contributed by atoms with Gasteiger partial charge in [0, 0.05) is 42.3 Å². The third-order valence-corrected chi connectivity index (χ3v) is 6.47. The van der Waals surface area contributed by atoms with Gasteiger partial charge in [-0.2, -0.15) is 13.2 Å². The summed E-state index contributed by atoms with van der Waals surface area (Å²) in [6.45, 7) is 3.89. The second-order valence-corrected chi connectivity index (χ2v) is 9.14. The number of alkyl halides is 3. The molecule has 39 heavy (non-hydrogen) atoms. The summed E-state index contributed by atoms with van der Waals surface area (Å²) in [7, 11) is 1.26. The highest BCUT2D eigenvalue weighted by Gasteiger charge is 2.31. The molecular weight excluding hydrogens is 509 g/mol. The van der Waals surface area contributed by atoms with E-state index in [4.69, 9.17) is 14.5 Å². The number of fused-ring (bicyclic) bond motifs is 1. The molecule has 5 rings (SSSR count). The number of nitrogens with zero attached hydrogens (tertiary/aromatic N) is 2. The number of urea groups is 1. The summed E-state index contributed by atoms with van der Waals surface area (Å²) in [5.41, 5.74) is 2.22. The van der Waals surface area contributed by atoms with Crippen molar-refractivity contribution >= 4 is 28.2 Å². The number of amides is 2. The molecule has 2 amide bonds. The summed E-state index contributed by atoms with van der Waals surface area (Å²) in [5, 5.41) is 6.89. The van der Waals surface area contributed by atoms with Crippen LogP contribution in [0.1, 0.15) is 11.3 Å². The minimum atomic E-state index is -4.58. The Morgan fingerprint density at radius 2 is 1.74 bits per heavy atom. The summed E-state index contributed by atoms with van der Waals surface area (Å²) in [5.74, 6) is -0.0155. The summed E-state index contributed by atoms with van der Waals surface area (Å²) in [6.07, 6.45) is -4.58. The lowest BCUT2D eigenvalue weighted by Gasteiger charge is -2.26. The van der Waals surface area contributed by atoms with Gasteiger partial charge in [-0.05, 0) is 35.7 Å². The lowest BCUT2D eigenvalue weighted by Crippen LogP contribution is -2.35. The molecule has 1 fully saturated rings. The van der Waals surface area contributed by atoms with E-state index in [1.54, 1.807) is 6.07 Å². The zero-order valence-corrected chi connectivity index (χ0v) is 21.2. The number of anilines is 2. The molecule has 7 nitrogen and oxygen atoms in total. The molecule has 0 aliphatic carbocycles. The smallest absolute Gasteiger partial charge is 0.416 e. The molecule has 0 bridgehead atoms. The van der Waals surface area contributed by atoms with Gasteiger partial charge in [-0.25, -0.2) is 4.79 Å². The van der Waals surface area contributed by atoms with Crippen LogP contribution in [0.4, 0.5) is 29.3 Å². The lowest BCUT2D eigenvalue weighted by atomic mass is 10.00. The maximum atomic E-state index is 13.3. The van der Waals surface area contributed by atoms with E-state index in [1.807, 2.05) is 48.5 Å². The van der Waals surface area contributed by atoms with Crippen LogP contribution in [0.2, 0.25) is 0 Å². The summed E-state index contributed by atoms with van der Waals surface area (Å²) >= 11 is 0. The van der Waals surface area contributed by atoms with E-state index >= 15 is 0 Å². The van der Waals surface area contributed by atoms with Crippen LogP contribution in [-0.2, 0) is 17.5 Å². The first-order chi connectivity index (χ1) is 18.8. The van der Waals surface area contributed by atoms with E-state index in [-0.39, 0.29) is 11.4 Å². The quantitative estimate of drug-likeness (QED) is 0.298. The number of rotatable bonds is 6. The molecule has 3 aromatic carbocycles. The topological polar surface area (TPSA) is 75.7 Å². The number of methoxy groups -OCH3 is 1. The number of halogens is 3. The molecule has 1 aliphatic heterocycles. The highest BCUT2D eigenvalue weighted by atomic mass is 19.4. The lowest BCUT2D eigenvalue weighted by molar-refractivity contribution is -0.137. The molecule has 1 aromatic heterocycles. The molecule has 4 aromatic rings. The number of morpholine rings is 1. The zero-order chi connectivity index (χ0) is 27.4. The second kappa shape index (κ2) is 11.3. The molecule has 0 radical (unpaired) electrons. The Kier molecular flexibility index (Phi) is 7.67. The largest absolute Gasteiger partial charge is 0.497 e. The Balaban J connectivity index is 1.39. The minimum absolute atomic E-state index is 0.0155. The Labute approximate surface area is 223 Å². The van der Waals surface area contributed by atoms with Crippen LogP contribution in [-0.4, -0.2) is 49.3 Å². The van der Waals surface area contributed by atoms with Crippen LogP contribution in [0.3, 0.4) is 0 Å². The first kappa shape index (κ1) is 26.5. The van der Waals surface area contributed by atoms with Gasteiger partial charge in [-0.3, -0.25) is 9.88 Å². The van der Waals surface area contributed by atoms with Crippen molar-refractivity contribution in [1.82, 2.24) is 9.88 Å². The normalized spacial score (nSPS) is 14.3. The first-order valence-electron chi connectivity index (χ1n) is 12.4. The standard InChI is InChI=1S/C29H27F3N4O3/c1-38-22-16-19(29(30,31)32)15-21(17-22)34-28(37)35-27-10-9-25(23-6-2-3-7-24(23)27)26-8-4-5-20(33-26)18-36-11-13-39-14-12-36/h2-10,15-17H,11-14,18H2,1H3,(H2,34,35,37). The van der Waals surface area contributed by atoms with E-state index in [9.17, 15) is 18.0 Å². The summed E-state index contributed by atoms with van der Waals surface area (Å²) < 4.78 is 50.2. The fourth-order valence-electron chi connectivity index (χ4n) is 4.57. The number of benzene rings is 3. The minimum Gasteiger partial charge on any atom is -0.497 e. The van der Waals surface area contributed by atoms with Crippen molar-refractivity contribution in [3.8, 4) is 17.0 Å². The summed E-state index contributed by atoms with van der Waals surface area (Å²) in [6, 6.07) is 19.5. The number of carbonyl (C=O) groups is 1. The fourth-order valence-corrected chi connectivity index (χ4v) is 4.57. The van der Waals surface area contributed by atoms with Gasteiger partial charge in [0.1, 0.15) is 5.75 Å². The molecule has 0 spiro atoms. The van der Waals surface area contributed by atoms with Gasteiger partial charge in [0.25, 0.3) is 0 Å². The van der Waals surface area contributed by atoms with E-state index in [1.165, 1.54) is 13.2 Å². The third-order valence-electron chi connectivity index (χ3n) is 6.47. The van der Waals surface area contributed by atoms with E-state index in [0.717, 1.165) is 59.5 Å². The Bertz CT molecular complexity index is 1490. The van der Waals surface area contributed by atoms with Gasteiger partial charge >= 0.3 is 12.2 Å². The number of hydrogen-bond donors (Lipinski definition) is 2. The van der Waals surface area contributed by atoms with Gasteiger partial charge in [-0.15, -0.1) is 0 Å². The van der Waals surface area contributed by atoms with Gasteiger partial charge in [-0.1, -0.05) is 36.4 Å². The highest BCUT2D eigenvalue weighted by molar-refractivity contribution is 6.09. The van der Waals surface area contributed by atoms with E-state index < -0.39 is 17.8 Å². The highest BCUT2D eigenvalue weighted by Crippen LogP contribution is 2.35. The molecule has 0 saturated carbocycles. The molecule has 0 unspecified atom stereocenters. The zero-order valence-electron chi connectivity index (χ0n) is 21.2. The molecular formula is C29H27F3N4O3. The molecule has 202 valence electrons.